The van der Waals surface area contributed by atoms with Crippen LogP contribution in [0.1, 0.15) is 44.1 Å². The first kappa shape index (κ1) is 31.8. The third-order valence-electron chi connectivity index (χ3n) is 7.64. The highest BCUT2D eigenvalue weighted by Gasteiger charge is 2.23. The quantitative estimate of drug-likeness (QED) is 0.172. The molecule has 4 N–H and O–H groups in total. The van der Waals surface area contributed by atoms with E-state index in [4.69, 9.17) is 9.47 Å². The molecule has 0 aliphatic carbocycles. The van der Waals surface area contributed by atoms with E-state index in [1.165, 1.54) is 0 Å². The first-order chi connectivity index (χ1) is 21.0. The zero-order chi connectivity index (χ0) is 30.3. The van der Waals surface area contributed by atoms with Crippen molar-refractivity contribution in [2.45, 2.75) is 51.2 Å². The van der Waals surface area contributed by atoms with E-state index in [0.717, 1.165) is 74.1 Å². The molecule has 0 spiro atoms. The minimum Gasteiger partial charge on any atom is -0.504 e. The van der Waals surface area contributed by atoms with Crippen LogP contribution in [0.25, 0.3) is 11.1 Å². The standard InChI is InChI=1S/C34H44N4O5/c1-42-32-24-26(14-15-31(32)39)25-35-19-8-3-9-20-36-33(40)18-23-38-21-16-28(17-22-38)43-34(41)37-30-13-7-6-12-29(30)27-10-4-2-5-11-27/h2,4-7,10-15,24,28,35,39H,3,8-9,16-23,25H2,1H3,(H,36,40)(H,37,41). The molecule has 0 unspecified atom stereocenters. The van der Waals surface area contributed by atoms with Crippen LogP contribution in [-0.2, 0) is 16.1 Å². The van der Waals surface area contributed by atoms with E-state index in [1.54, 1.807) is 13.2 Å². The van der Waals surface area contributed by atoms with Gasteiger partial charge in [-0.15, -0.1) is 0 Å². The van der Waals surface area contributed by atoms with Crippen LogP contribution in [0.3, 0.4) is 0 Å². The Morgan fingerprint density at radius 1 is 0.930 bits per heavy atom. The lowest BCUT2D eigenvalue weighted by Gasteiger charge is -2.31. The Morgan fingerprint density at radius 2 is 1.67 bits per heavy atom. The summed E-state index contributed by atoms with van der Waals surface area (Å²) in [5, 5.41) is 19.0. The number of phenolic OH excluding ortho intramolecular Hbond substituents is 1. The summed E-state index contributed by atoms with van der Waals surface area (Å²) in [4.78, 5) is 27.2. The number of carbonyl (C=O) groups is 2. The highest BCUT2D eigenvalue weighted by atomic mass is 16.6. The van der Waals surface area contributed by atoms with E-state index < -0.39 is 6.09 Å². The molecule has 0 atom stereocenters. The minimum absolute atomic E-state index is 0.0780. The highest BCUT2D eigenvalue weighted by Crippen LogP contribution is 2.28. The number of para-hydroxylation sites is 1. The van der Waals surface area contributed by atoms with E-state index in [-0.39, 0.29) is 17.8 Å². The molecule has 1 aliphatic heterocycles. The summed E-state index contributed by atoms with van der Waals surface area (Å²) in [5.41, 5.74) is 3.78. The predicted molar refractivity (Wildman–Crippen MR) is 169 cm³/mol. The number of anilines is 1. The molecular weight excluding hydrogens is 544 g/mol. The van der Waals surface area contributed by atoms with Gasteiger partial charge >= 0.3 is 6.09 Å². The molecule has 1 aliphatic rings. The maximum absolute atomic E-state index is 12.6. The Labute approximate surface area is 254 Å². The van der Waals surface area contributed by atoms with Gasteiger partial charge in [-0.3, -0.25) is 10.1 Å². The fourth-order valence-electron chi connectivity index (χ4n) is 5.20. The van der Waals surface area contributed by atoms with Crippen LogP contribution in [-0.4, -0.2) is 67.9 Å². The zero-order valence-corrected chi connectivity index (χ0v) is 25.0. The Hall–Kier alpha value is -4.08. The van der Waals surface area contributed by atoms with Crippen molar-refractivity contribution < 1.29 is 24.2 Å². The fourth-order valence-corrected chi connectivity index (χ4v) is 5.20. The second-order valence-electron chi connectivity index (χ2n) is 10.8. The molecule has 3 aromatic rings. The van der Waals surface area contributed by atoms with Crippen LogP contribution in [0, 0.1) is 0 Å². The number of piperidine rings is 1. The summed E-state index contributed by atoms with van der Waals surface area (Å²) in [5.74, 6) is 0.704. The number of phenols is 1. The van der Waals surface area contributed by atoms with E-state index in [1.807, 2.05) is 66.7 Å². The highest BCUT2D eigenvalue weighted by molar-refractivity contribution is 5.91. The average Bonchev–Trinajstić information content (AvgIpc) is 3.03. The van der Waals surface area contributed by atoms with Gasteiger partial charge in [0.05, 0.1) is 12.8 Å². The number of unbranched alkanes of at least 4 members (excludes halogenated alkanes) is 2. The van der Waals surface area contributed by atoms with Crippen LogP contribution in [0.5, 0.6) is 11.5 Å². The van der Waals surface area contributed by atoms with Crippen LogP contribution in [0.2, 0.25) is 0 Å². The van der Waals surface area contributed by atoms with Crippen molar-refractivity contribution >= 4 is 17.7 Å². The molecule has 0 aromatic heterocycles. The van der Waals surface area contributed by atoms with Crippen LogP contribution in [0.15, 0.2) is 72.8 Å². The number of benzene rings is 3. The molecular formula is C34H44N4O5. The Bertz CT molecular complexity index is 1290. The van der Waals surface area contributed by atoms with Crippen molar-refractivity contribution in [2.75, 3.05) is 45.2 Å². The van der Waals surface area contributed by atoms with Crippen LogP contribution in [0.4, 0.5) is 10.5 Å². The van der Waals surface area contributed by atoms with Crippen LogP contribution >= 0.6 is 0 Å². The lowest BCUT2D eigenvalue weighted by atomic mass is 10.0. The van der Waals surface area contributed by atoms with Gasteiger partial charge in [0.1, 0.15) is 6.10 Å². The molecule has 230 valence electrons. The summed E-state index contributed by atoms with van der Waals surface area (Å²) < 4.78 is 10.9. The summed E-state index contributed by atoms with van der Waals surface area (Å²) in [6.07, 6.45) is 4.42. The lowest BCUT2D eigenvalue weighted by Crippen LogP contribution is -2.40. The molecule has 0 radical (unpaired) electrons. The van der Waals surface area contributed by atoms with Gasteiger partial charge in [0.25, 0.3) is 0 Å². The predicted octanol–water partition coefficient (Wildman–Crippen LogP) is 5.55. The molecule has 3 aromatic carbocycles. The number of nitrogens with one attached hydrogen (secondary N) is 3. The van der Waals surface area contributed by atoms with Gasteiger partial charge in [0, 0.05) is 44.7 Å². The molecule has 1 saturated heterocycles. The fraction of sp³-hybridized carbons (Fsp3) is 0.412. The van der Waals surface area contributed by atoms with Gasteiger partial charge in [-0.05, 0) is 61.6 Å². The minimum atomic E-state index is -0.435. The molecule has 0 bridgehead atoms. The van der Waals surface area contributed by atoms with E-state index >= 15 is 0 Å². The second-order valence-corrected chi connectivity index (χ2v) is 10.8. The normalized spacial score (nSPS) is 13.8. The van der Waals surface area contributed by atoms with Crippen molar-refractivity contribution in [2.24, 2.45) is 0 Å². The lowest BCUT2D eigenvalue weighted by molar-refractivity contribution is -0.121. The topological polar surface area (TPSA) is 112 Å². The number of rotatable bonds is 15. The molecule has 0 saturated carbocycles. The molecule has 1 heterocycles. The zero-order valence-electron chi connectivity index (χ0n) is 25.0. The van der Waals surface area contributed by atoms with Gasteiger partial charge in [0.15, 0.2) is 11.5 Å². The third kappa shape index (κ3) is 10.6. The number of aromatic hydroxyl groups is 1. The number of nitrogens with zero attached hydrogens (tertiary/aromatic N) is 1. The summed E-state index contributed by atoms with van der Waals surface area (Å²) in [7, 11) is 1.54. The SMILES string of the molecule is COc1cc(CNCCCCCNC(=O)CCN2CCC(OC(=O)Nc3ccccc3-c3ccccc3)CC2)ccc1O. The van der Waals surface area contributed by atoms with Gasteiger partial charge in [-0.25, -0.2) is 4.79 Å². The number of methoxy groups -OCH3 is 1. The molecule has 9 nitrogen and oxygen atoms in total. The van der Waals surface area contributed by atoms with Crippen molar-refractivity contribution in [3.63, 3.8) is 0 Å². The maximum atomic E-state index is 12.6. The monoisotopic (exact) mass is 588 g/mol. The van der Waals surface area contributed by atoms with E-state index in [2.05, 4.69) is 20.9 Å². The van der Waals surface area contributed by atoms with Crippen LogP contribution < -0.4 is 20.7 Å². The number of amides is 2. The largest absolute Gasteiger partial charge is 0.504 e. The van der Waals surface area contributed by atoms with Gasteiger partial charge in [-0.1, -0.05) is 61.0 Å². The summed E-state index contributed by atoms with van der Waals surface area (Å²) in [6.45, 7) is 4.60. The first-order valence-corrected chi connectivity index (χ1v) is 15.2. The molecule has 2 amide bonds. The molecule has 43 heavy (non-hydrogen) atoms. The maximum Gasteiger partial charge on any atom is 0.411 e. The summed E-state index contributed by atoms with van der Waals surface area (Å²) >= 11 is 0. The average molecular weight is 589 g/mol. The first-order valence-electron chi connectivity index (χ1n) is 15.2. The van der Waals surface area contributed by atoms with Gasteiger partial charge in [0.2, 0.25) is 5.91 Å². The number of carbonyl (C=O) groups excluding carboxylic acids is 2. The van der Waals surface area contributed by atoms with Crippen molar-refractivity contribution in [3.8, 4) is 22.6 Å². The van der Waals surface area contributed by atoms with Crippen molar-refractivity contribution in [3.05, 3.63) is 78.4 Å². The van der Waals surface area contributed by atoms with E-state index in [0.29, 0.717) is 31.8 Å². The molecule has 1 fully saturated rings. The smallest absolute Gasteiger partial charge is 0.411 e. The third-order valence-corrected chi connectivity index (χ3v) is 7.64. The van der Waals surface area contributed by atoms with Gasteiger partial charge in [-0.2, -0.15) is 0 Å². The number of likely N-dealkylation sites (tertiary alicyclic amines) is 1. The molecule has 4 rings (SSSR count). The summed E-state index contributed by atoms with van der Waals surface area (Å²) in [6, 6.07) is 23.0. The van der Waals surface area contributed by atoms with Crippen molar-refractivity contribution in [1.82, 2.24) is 15.5 Å². The number of ether oxygens (including phenoxy) is 2. The Balaban J connectivity index is 1.02. The van der Waals surface area contributed by atoms with Gasteiger partial charge < -0.3 is 30.1 Å². The van der Waals surface area contributed by atoms with Crippen molar-refractivity contribution in [1.29, 1.82) is 0 Å². The Morgan fingerprint density at radius 3 is 2.47 bits per heavy atom. The Kier molecular flexibility index (Phi) is 12.7. The molecule has 9 heteroatoms. The second kappa shape index (κ2) is 17.1. The van der Waals surface area contributed by atoms with E-state index in [9.17, 15) is 14.7 Å². The number of hydrogen-bond acceptors (Lipinski definition) is 7. The number of hydrogen-bond donors (Lipinski definition) is 4.